The highest BCUT2D eigenvalue weighted by molar-refractivity contribution is 5.83. The Bertz CT molecular complexity index is 354. The quantitative estimate of drug-likeness (QED) is 0.219. The third-order valence-electron chi connectivity index (χ3n) is 3.19. The number of hydrogen-bond donors (Lipinski definition) is 3. The molecule has 0 spiro atoms. The highest BCUT2D eigenvalue weighted by Crippen LogP contribution is 2.25. The molecule has 1 saturated heterocycles. The number of amides is 1. The molecule has 0 saturated carbocycles. The molecule has 4 N–H and O–H groups in total. The van der Waals surface area contributed by atoms with E-state index in [2.05, 4.69) is 10.5 Å². The molecule has 116 valence electrons. The van der Waals surface area contributed by atoms with E-state index in [1.807, 2.05) is 0 Å². The zero-order chi connectivity index (χ0) is 15.2. The zero-order valence-electron chi connectivity index (χ0n) is 11.0. The summed E-state index contributed by atoms with van der Waals surface area (Å²) >= 11 is 0. The van der Waals surface area contributed by atoms with E-state index in [9.17, 15) is 18.0 Å². The topological polar surface area (TPSA) is 91.0 Å². The second-order valence-electron chi connectivity index (χ2n) is 4.66. The molecule has 0 radical (unpaired) electrons. The van der Waals surface area contributed by atoms with Crippen LogP contribution in [0.4, 0.5) is 13.2 Å². The normalized spacial score (nSPS) is 18.4. The maximum absolute atomic E-state index is 12.6. The summed E-state index contributed by atoms with van der Waals surface area (Å²) in [6, 6.07) is 0. The molecule has 0 aromatic rings. The van der Waals surface area contributed by atoms with E-state index in [1.165, 1.54) is 0 Å². The van der Waals surface area contributed by atoms with E-state index in [0.717, 1.165) is 12.8 Å². The summed E-state index contributed by atoms with van der Waals surface area (Å²) in [6.07, 6.45) is -2.51. The first kappa shape index (κ1) is 16.5. The van der Waals surface area contributed by atoms with E-state index in [0.29, 0.717) is 13.1 Å². The van der Waals surface area contributed by atoms with Crippen molar-refractivity contribution in [3.8, 4) is 0 Å². The molecule has 1 fully saturated rings. The molecule has 1 unspecified atom stereocenters. The van der Waals surface area contributed by atoms with Crippen LogP contribution in [0.1, 0.15) is 19.3 Å². The number of halogens is 3. The van der Waals surface area contributed by atoms with E-state index in [1.54, 1.807) is 4.90 Å². The molecule has 1 aliphatic heterocycles. The average Bonchev–Trinajstić information content (AvgIpc) is 2.90. The van der Waals surface area contributed by atoms with Crippen molar-refractivity contribution in [1.82, 2.24) is 10.2 Å². The third-order valence-corrected chi connectivity index (χ3v) is 3.19. The van der Waals surface area contributed by atoms with E-state index in [4.69, 9.17) is 10.9 Å². The van der Waals surface area contributed by atoms with Gasteiger partial charge < -0.3 is 21.2 Å². The number of alkyl halides is 3. The molecule has 1 rings (SSSR count). The highest BCUT2D eigenvalue weighted by Gasteiger charge is 2.42. The Labute approximate surface area is 114 Å². The first-order chi connectivity index (χ1) is 9.36. The first-order valence-electron chi connectivity index (χ1n) is 6.39. The van der Waals surface area contributed by atoms with Gasteiger partial charge in [0.1, 0.15) is 5.92 Å². The molecule has 1 aliphatic rings. The molecule has 1 heterocycles. The molecule has 6 nitrogen and oxygen atoms in total. The Morgan fingerprint density at radius 2 is 2.00 bits per heavy atom. The van der Waals surface area contributed by atoms with Crippen molar-refractivity contribution in [3.05, 3.63) is 0 Å². The molecule has 1 atom stereocenters. The Kier molecular flexibility index (Phi) is 6.05. The predicted molar refractivity (Wildman–Crippen MR) is 66.3 cm³/mol. The Morgan fingerprint density at radius 3 is 2.50 bits per heavy atom. The van der Waals surface area contributed by atoms with Gasteiger partial charge in [0.2, 0.25) is 5.91 Å². The molecule has 0 aromatic heterocycles. The third kappa shape index (κ3) is 4.87. The van der Waals surface area contributed by atoms with E-state index < -0.39 is 24.5 Å². The van der Waals surface area contributed by atoms with Crippen LogP contribution in [0.25, 0.3) is 0 Å². The lowest BCUT2D eigenvalue weighted by molar-refractivity contribution is -0.154. The minimum Gasteiger partial charge on any atom is -0.409 e. The van der Waals surface area contributed by atoms with E-state index in [-0.39, 0.29) is 18.9 Å². The maximum atomic E-state index is 12.6. The van der Waals surface area contributed by atoms with Gasteiger partial charge >= 0.3 is 6.18 Å². The smallest absolute Gasteiger partial charge is 0.400 e. The minimum absolute atomic E-state index is 0.0673. The fourth-order valence-electron chi connectivity index (χ4n) is 2.02. The standard InChI is InChI=1S/C11H19F3N4O2/c12-11(13,14)8(10(15)17-20)7-16-4-3-9(19)18-5-1-2-6-18/h8,16,20H,1-7H2,(H2,15,17). The number of hydrogen-bond acceptors (Lipinski definition) is 4. The summed E-state index contributed by atoms with van der Waals surface area (Å²) in [5.74, 6) is -3.02. The van der Waals surface area contributed by atoms with Gasteiger partial charge in [-0.2, -0.15) is 13.2 Å². The molecular weight excluding hydrogens is 277 g/mol. The number of likely N-dealkylation sites (tertiary alicyclic amines) is 1. The van der Waals surface area contributed by atoms with Gasteiger partial charge in [0.05, 0.1) is 0 Å². The summed E-state index contributed by atoms with van der Waals surface area (Å²) in [4.78, 5) is 13.4. The lowest BCUT2D eigenvalue weighted by Gasteiger charge is -2.20. The van der Waals surface area contributed by atoms with E-state index >= 15 is 0 Å². The van der Waals surface area contributed by atoms with Gasteiger partial charge in [-0.3, -0.25) is 4.79 Å². The van der Waals surface area contributed by atoms with Crippen LogP contribution in [0.5, 0.6) is 0 Å². The van der Waals surface area contributed by atoms with Crippen molar-refractivity contribution in [2.75, 3.05) is 26.2 Å². The van der Waals surface area contributed by atoms with Crippen molar-refractivity contribution >= 4 is 11.7 Å². The second-order valence-corrected chi connectivity index (χ2v) is 4.66. The average molecular weight is 296 g/mol. The lowest BCUT2D eigenvalue weighted by Crippen LogP contribution is -2.43. The van der Waals surface area contributed by atoms with Gasteiger partial charge in [0.25, 0.3) is 0 Å². The highest BCUT2D eigenvalue weighted by atomic mass is 19.4. The summed E-state index contributed by atoms with van der Waals surface area (Å²) in [5, 5.41) is 13.2. The van der Waals surface area contributed by atoms with Gasteiger partial charge in [-0.1, -0.05) is 5.16 Å². The zero-order valence-corrected chi connectivity index (χ0v) is 11.0. The van der Waals surface area contributed by atoms with Gasteiger partial charge in [-0.25, -0.2) is 0 Å². The second kappa shape index (κ2) is 7.32. The number of nitrogens with one attached hydrogen (secondary N) is 1. The molecular formula is C11H19F3N4O2. The molecule has 0 aliphatic carbocycles. The number of oxime groups is 1. The fraction of sp³-hybridized carbons (Fsp3) is 0.818. The molecule has 0 aromatic carbocycles. The van der Waals surface area contributed by atoms with Gasteiger partial charge in [-0.05, 0) is 12.8 Å². The first-order valence-corrected chi connectivity index (χ1v) is 6.39. The molecule has 9 heteroatoms. The molecule has 1 amide bonds. The van der Waals surface area contributed by atoms with Crippen LogP contribution in [0, 0.1) is 5.92 Å². The minimum atomic E-state index is -4.59. The lowest BCUT2D eigenvalue weighted by atomic mass is 10.1. The van der Waals surface area contributed by atoms with Crippen LogP contribution < -0.4 is 11.1 Å². The summed E-state index contributed by atoms with van der Waals surface area (Å²) in [5.41, 5.74) is 5.01. The van der Waals surface area contributed by atoms with Crippen LogP contribution >= 0.6 is 0 Å². The molecule has 20 heavy (non-hydrogen) atoms. The van der Waals surface area contributed by atoms with Crippen molar-refractivity contribution in [2.45, 2.75) is 25.4 Å². The number of amidine groups is 1. The number of nitrogens with zero attached hydrogens (tertiary/aromatic N) is 2. The van der Waals surface area contributed by atoms with Gasteiger partial charge in [0, 0.05) is 32.6 Å². The summed E-state index contributed by atoms with van der Waals surface area (Å²) in [7, 11) is 0. The van der Waals surface area contributed by atoms with Crippen molar-refractivity contribution in [1.29, 1.82) is 0 Å². The number of carbonyl (C=O) groups excluding carboxylic acids is 1. The van der Waals surface area contributed by atoms with Gasteiger partial charge in [0.15, 0.2) is 5.84 Å². The van der Waals surface area contributed by atoms with Gasteiger partial charge in [-0.15, -0.1) is 0 Å². The van der Waals surface area contributed by atoms with Crippen LogP contribution in [0.2, 0.25) is 0 Å². The van der Waals surface area contributed by atoms with Crippen molar-refractivity contribution in [2.24, 2.45) is 16.8 Å². The SMILES string of the molecule is NC(=NO)C(CNCCC(=O)N1CCCC1)C(F)(F)F. The molecule has 0 bridgehead atoms. The van der Waals surface area contributed by atoms with Crippen LogP contribution in [0.15, 0.2) is 5.16 Å². The Balaban J connectivity index is 2.32. The summed E-state index contributed by atoms with van der Waals surface area (Å²) < 4.78 is 37.8. The van der Waals surface area contributed by atoms with Crippen LogP contribution in [0.3, 0.4) is 0 Å². The summed E-state index contributed by atoms with van der Waals surface area (Å²) in [6.45, 7) is 1.04. The van der Waals surface area contributed by atoms with Crippen molar-refractivity contribution < 1.29 is 23.2 Å². The number of rotatable bonds is 6. The maximum Gasteiger partial charge on any atom is 0.400 e. The monoisotopic (exact) mass is 296 g/mol. The van der Waals surface area contributed by atoms with Crippen LogP contribution in [-0.4, -0.2) is 54.2 Å². The number of carbonyl (C=O) groups is 1. The Morgan fingerprint density at radius 1 is 1.40 bits per heavy atom. The fourth-order valence-corrected chi connectivity index (χ4v) is 2.02. The largest absolute Gasteiger partial charge is 0.409 e. The Hall–Kier alpha value is -1.51. The van der Waals surface area contributed by atoms with Crippen molar-refractivity contribution in [3.63, 3.8) is 0 Å². The predicted octanol–water partition coefficient (Wildman–Crippen LogP) is 0.513. The van der Waals surface area contributed by atoms with Crippen LogP contribution in [-0.2, 0) is 4.79 Å². The number of nitrogens with two attached hydrogens (primary N) is 1.